The molecule has 7 nitrogen and oxygen atoms in total. The molecule has 0 radical (unpaired) electrons. The molecule has 1 aromatic carbocycles. The van der Waals surface area contributed by atoms with Crippen LogP contribution in [-0.4, -0.2) is 55.2 Å². The van der Waals surface area contributed by atoms with E-state index in [9.17, 15) is 17.7 Å². The largest absolute Gasteiger partial charge is 0.609 e. The van der Waals surface area contributed by atoms with Gasteiger partial charge in [0, 0.05) is 22.9 Å². The summed E-state index contributed by atoms with van der Waals surface area (Å²) in [6, 6.07) is 8.62. The van der Waals surface area contributed by atoms with E-state index in [1.807, 2.05) is 25.1 Å². The molecule has 0 bridgehead atoms. The van der Waals surface area contributed by atoms with E-state index in [0.717, 1.165) is 5.52 Å². The van der Waals surface area contributed by atoms with Crippen LogP contribution in [0.5, 0.6) is 5.75 Å². The first-order valence-corrected chi connectivity index (χ1v) is 10.7. The van der Waals surface area contributed by atoms with E-state index in [0.29, 0.717) is 28.4 Å². The summed E-state index contributed by atoms with van der Waals surface area (Å²) >= 11 is -1.51. The van der Waals surface area contributed by atoms with Crippen molar-refractivity contribution < 1.29 is 32.7 Å². The highest BCUT2D eigenvalue weighted by Crippen LogP contribution is 2.25. The molecule has 0 aliphatic carbocycles. The summed E-state index contributed by atoms with van der Waals surface area (Å²) in [6.45, 7) is 1.91. The molecule has 0 saturated heterocycles. The lowest BCUT2D eigenvalue weighted by Crippen LogP contribution is -2.20. The molecule has 0 saturated carbocycles. The maximum atomic E-state index is 12.5. The van der Waals surface area contributed by atoms with Gasteiger partial charge in [0.25, 0.3) is 0 Å². The van der Waals surface area contributed by atoms with Crippen molar-refractivity contribution in [2.24, 2.45) is 0 Å². The summed E-state index contributed by atoms with van der Waals surface area (Å²) in [4.78, 5) is 11.3. The third-order valence-corrected chi connectivity index (χ3v) is 5.34. The molecule has 0 fully saturated rings. The van der Waals surface area contributed by atoms with Crippen LogP contribution < -0.4 is 4.74 Å². The van der Waals surface area contributed by atoms with Gasteiger partial charge < -0.3 is 19.5 Å². The molecule has 3 rings (SSSR count). The Kier molecular flexibility index (Phi) is 9.11. The average Bonchev–Trinajstić information content (AvgIpc) is 3.18. The highest BCUT2D eigenvalue weighted by atomic mass is 32.2. The lowest BCUT2D eigenvalue weighted by molar-refractivity contribution is -0.153. The highest BCUT2D eigenvalue weighted by Gasteiger charge is 2.29. The first kappa shape index (κ1) is 24.9. The number of benzene rings is 1. The number of hydrogen-bond acceptors (Lipinski definition) is 6. The third kappa shape index (κ3) is 7.69. The third-order valence-electron chi connectivity index (χ3n) is 4.18. The van der Waals surface area contributed by atoms with E-state index in [1.165, 1.54) is 12.3 Å². The normalized spacial score (nSPS) is 13.4. The second-order valence-corrected chi connectivity index (χ2v) is 7.94. The summed E-state index contributed by atoms with van der Waals surface area (Å²) in [5, 5.41) is 16.8. The van der Waals surface area contributed by atoms with Gasteiger partial charge in [-0.1, -0.05) is 19.1 Å². The molecule has 0 spiro atoms. The zero-order chi connectivity index (χ0) is 23.0. The fourth-order valence-corrected chi connectivity index (χ4v) is 3.48. The summed E-state index contributed by atoms with van der Waals surface area (Å²) in [5.74, 6) is 0.0958. The fourth-order valence-electron chi connectivity index (χ4n) is 2.38. The number of aromatic amines is 1. The molecule has 3 aromatic rings. The molecule has 3 N–H and O–H groups in total. The number of imidazole rings is 1. The van der Waals surface area contributed by atoms with Gasteiger partial charge in [-0.2, -0.15) is 18.2 Å². The number of hydrogen-bond donors (Lipinski definition) is 3. The number of para-hydroxylation sites is 2. The van der Waals surface area contributed by atoms with Crippen molar-refractivity contribution in [1.82, 2.24) is 15.0 Å². The number of aliphatic hydroxyl groups excluding tert-OH is 2. The van der Waals surface area contributed by atoms with Crippen molar-refractivity contribution in [2.45, 2.75) is 43.5 Å². The molecule has 2 atom stereocenters. The Morgan fingerprint density at radius 3 is 2.55 bits per heavy atom. The minimum atomic E-state index is -4.42. The molecule has 1 unspecified atom stereocenters. The van der Waals surface area contributed by atoms with Gasteiger partial charge in [-0.25, -0.2) is 0 Å². The number of rotatable bonds is 7. The van der Waals surface area contributed by atoms with Crippen molar-refractivity contribution >= 4 is 22.2 Å². The number of ether oxygens (including phenoxy) is 1. The Hall–Kier alpha value is -2.34. The van der Waals surface area contributed by atoms with E-state index >= 15 is 0 Å². The fraction of sp³-hybridized carbons (Fsp3) is 0.400. The molecule has 2 heterocycles. The van der Waals surface area contributed by atoms with Crippen LogP contribution in [0.4, 0.5) is 13.2 Å². The van der Waals surface area contributed by atoms with E-state index in [1.54, 1.807) is 13.0 Å². The maximum Gasteiger partial charge on any atom is 0.422 e. The molecule has 0 aliphatic rings. The minimum Gasteiger partial charge on any atom is -0.609 e. The van der Waals surface area contributed by atoms with Crippen LogP contribution in [0.15, 0.2) is 41.7 Å². The number of halogens is 3. The van der Waals surface area contributed by atoms with Crippen LogP contribution in [-0.2, 0) is 16.9 Å². The molecule has 11 heteroatoms. The number of alkyl halides is 3. The molecule has 170 valence electrons. The molecular formula is C20H24F3N3O4S. The number of aromatic nitrogens is 3. The lowest BCUT2D eigenvalue weighted by Gasteiger charge is -2.14. The molecule has 0 amide bonds. The van der Waals surface area contributed by atoms with E-state index < -0.39 is 30.1 Å². The SMILES string of the molecule is CCC(O)CO.Cc1c(OCC(F)(F)F)ccnc1C[S@@+]([O-])c1nc2ccccc2[nH]1. The minimum absolute atomic E-state index is 0.0227. The Bertz CT molecular complexity index is 931. The maximum absolute atomic E-state index is 12.5. The number of nitrogens with one attached hydrogen (secondary N) is 1. The zero-order valence-electron chi connectivity index (χ0n) is 17.0. The Labute approximate surface area is 180 Å². The van der Waals surface area contributed by atoms with Gasteiger partial charge in [-0.15, -0.1) is 0 Å². The summed E-state index contributed by atoms with van der Waals surface area (Å²) in [7, 11) is 0. The number of pyridine rings is 1. The van der Waals surface area contributed by atoms with E-state index in [-0.39, 0.29) is 18.1 Å². The van der Waals surface area contributed by atoms with Gasteiger partial charge in [0.15, 0.2) is 12.4 Å². The van der Waals surface area contributed by atoms with Crippen LogP contribution in [0, 0.1) is 6.92 Å². The molecule has 31 heavy (non-hydrogen) atoms. The van der Waals surface area contributed by atoms with E-state index in [2.05, 4.69) is 15.0 Å². The predicted molar refractivity (Wildman–Crippen MR) is 110 cm³/mol. The van der Waals surface area contributed by atoms with Crippen LogP contribution in [0.3, 0.4) is 0 Å². The lowest BCUT2D eigenvalue weighted by atomic mass is 10.2. The second-order valence-electron chi connectivity index (χ2n) is 6.58. The van der Waals surface area contributed by atoms with Crippen molar-refractivity contribution in [3.8, 4) is 5.75 Å². The van der Waals surface area contributed by atoms with Crippen LogP contribution >= 0.6 is 0 Å². The van der Waals surface area contributed by atoms with Crippen LogP contribution in [0.25, 0.3) is 11.0 Å². The number of H-pyrrole nitrogens is 1. The first-order valence-electron chi connectivity index (χ1n) is 9.40. The van der Waals surface area contributed by atoms with Crippen molar-refractivity contribution in [3.05, 3.63) is 47.8 Å². The molecule has 0 aliphatic heterocycles. The van der Waals surface area contributed by atoms with Gasteiger partial charge in [0.05, 0.1) is 29.4 Å². The van der Waals surface area contributed by atoms with E-state index in [4.69, 9.17) is 14.9 Å². The second kappa shape index (κ2) is 11.3. The van der Waals surface area contributed by atoms with Gasteiger partial charge in [0.1, 0.15) is 5.75 Å². The van der Waals surface area contributed by atoms with Gasteiger partial charge in [0.2, 0.25) is 0 Å². The van der Waals surface area contributed by atoms with Crippen molar-refractivity contribution in [1.29, 1.82) is 0 Å². The Morgan fingerprint density at radius 1 is 1.26 bits per heavy atom. The summed E-state index contributed by atoms with van der Waals surface area (Å²) < 4.78 is 54.2. The standard InChI is InChI=1S/C16H14F3N3O2S.C4H10O2/c1-10-13(20-7-6-14(10)24-9-16(17,18)19)8-25(23)15-21-11-4-2-3-5-12(11)22-15;1-2-4(6)3-5/h2-7H,8-9H2,1H3,(H,21,22);4-6H,2-3H2,1H3/t25-;/m1./s1. The smallest absolute Gasteiger partial charge is 0.422 e. The van der Waals surface area contributed by atoms with Gasteiger partial charge in [-0.3, -0.25) is 9.97 Å². The summed E-state index contributed by atoms with van der Waals surface area (Å²) in [6.07, 6.45) is -2.96. The number of nitrogens with zero attached hydrogens (tertiary/aromatic N) is 2. The van der Waals surface area contributed by atoms with Gasteiger partial charge in [-0.05, 0) is 31.5 Å². The number of fused-ring (bicyclic) bond motifs is 1. The number of aliphatic hydroxyl groups is 2. The summed E-state index contributed by atoms with van der Waals surface area (Å²) in [5.41, 5.74) is 2.28. The molecule has 2 aromatic heterocycles. The highest BCUT2D eigenvalue weighted by molar-refractivity contribution is 7.90. The van der Waals surface area contributed by atoms with Crippen LogP contribution in [0.1, 0.15) is 24.6 Å². The first-order chi connectivity index (χ1) is 14.6. The topological polar surface area (TPSA) is 114 Å². The molecular weight excluding hydrogens is 435 g/mol. The van der Waals surface area contributed by atoms with Crippen LogP contribution in [0.2, 0.25) is 0 Å². The zero-order valence-corrected chi connectivity index (χ0v) is 17.8. The van der Waals surface area contributed by atoms with Crippen molar-refractivity contribution in [2.75, 3.05) is 13.2 Å². The average molecular weight is 459 g/mol. The van der Waals surface area contributed by atoms with Gasteiger partial charge >= 0.3 is 11.3 Å². The Balaban J connectivity index is 0.000000501. The monoisotopic (exact) mass is 459 g/mol. The van der Waals surface area contributed by atoms with Crippen molar-refractivity contribution in [3.63, 3.8) is 0 Å². The predicted octanol–water partition coefficient (Wildman–Crippen LogP) is 3.26. The quantitative estimate of drug-likeness (QED) is 0.467. The Morgan fingerprint density at radius 2 is 1.97 bits per heavy atom.